The quantitative estimate of drug-likeness (QED) is 0.347. The van der Waals surface area contributed by atoms with Gasteiger partial charge in [-0.2, -0.15) is 10.2 Å². The van der Waals surface area contributed by atoms with Gasteiger partial charge >= 0.3 is 0 Å². The Bertz CT molecular complexity index is 1430. The Kier molecular flexibility index (Phi) is 6.82. The molecule has 13 heteroatoms. The van der Waals surface area contributed by atoms with Crippen LogP contribution in [-0.4, -0.2) is 44.5 Å². The van der Waals surface area contributed by atoms with Crippen LogP contribution in [0.5, 0.6) is 11.5 Å². The molecule has 0 saturated heterocycles. The highest BCUT2D eigenvalue weighted by Gasteiger charge is 2.23. The molecule has 0 aliphatic rings. The average molecular weight is 506 g/mol. The number of hydrogen-bond acceptors (Lipinski definition) is 6. The monoisotopic (exact) mass is 506 g/mol. The van der Waals surface area contributed by atoms with Crippen molar-refractivity contribution in [1.82, 2.24) is 24.4 Å². The third-order valence-electron chi connectivity index (χ3n) is 5.55. The number of nitrogens with one attached hydrogen (secondary N) is 1. The molecule has 0 spiro atoms. The van der Waals surface area contributed by atoms with Crippen molar-refractivity contribution in [3.63, 3.8) is 0 Å². The molecule has 0 radical (unpaired) electrons. The zero-order valence-electron chi connectivity index (χ0n) is 19.7. The van der Waals surface area contributed by atoms with Gasteiger partial charge in [0.2, 0.25) is 0 Å². The summed E-state index contributed by atoms with van der Waals surface area (Å²) >= 11 is 0. The van der Waals surface area contributed by atoms with Crippen LogP contribution >= 0.6 is 0 Å². The molecule has 0 bridgehead atoms. The van der Waals surface area contributed by atoms with Crippen LogP contribution < -0.4 is 14.8 Å². The number of anilines is 1. The van der Waals surface area contributed by atoms with E-state index >= 15 is 0 Å². The van der Waals surface area contributed by atoms with E-state index in [1.807, 2.05) is 12.1 Å². The number of aryl methyl sites for hydroxylation is 1. The summed E-state index contributed by atoms with van der Waals surface area (Å²) < 4.78 is 65.9. The molecule has 190 valence electrons. The Hall–Kier alpha value is -4.16. The fourth-order valence-corrected chi connectivity index (χ4v) is 3.76. The number of aromatic nitrogens is 5. The molecule has 9 nitrogen and oxygen atoms in total. The second-order valence-corrected chi connectivity index (χ2v) is 7.85. The highest BCUT2D eigenvalue weighted by Crippen LogP contribution is 2.29. The number of fused-ring (bicyclic) bond motifs is 1. The smallest absolute Gasteiger partial charge is 0.280 e. The van der Waals surface area contributed by atoms with Crippen LogP contribution in [0.25, 0.3) is 5.65 Å². The van der Waals surface area contributed by atoms with Crippen molar-refractivity contribution in [2.75, 3.05) is 19.5 Å². The van der Waals surface area contributed by atoms with E-state index in [9.17, 15) is 22.4 Å². The molecule has 4 rings (SSSR count). The Balaban J connectivity index is 1.61. The molecule has 1 N–H and O–H groups in total. The number of carbonyl (C=O) groups is 1. The van der Waals surface area contributed by atoms with E-state index in [2.05, 4.69) is 20.5 Å². The van der Waals surface area contributed by atoms with Crippen molar-refractivity contribution in [1.29, 1.82) is 0 Å². The normalized spacial score (nSPS) is 11.5. The predicted octanol–water partition coefficient (Wildman–Crippen LogP) is 4.74. The van der Waals surface area contributed by atoms with E-state index in [1.165, 1.54) is 7.11 Å². The molecule has 1 amide bonds. The molecule has 0 fully saturated rings. The molecule has 0 aliphatic carbocycles. The first-order valence-electron chi connectivity index (χ1n) is 10.7. The zero-order valence-corrected chi connectivity index (χ0v) is 19.7. The van der Waals surface area contributed by atoms with Crippen LogP contribution in [0.15, 0.2) is 30.3 Å². The molecule has 36 heavy (non-hydrogen) atoms. The molecule has 0 saturated carbocycles. The third kappa shape index (κ3) is 4.68. The van der Waals surface area contributed by atoms with E-state index in [1.54, 1.807) is 31.7 Å². The zero-order chi connectivity index (χ0) is 26.1. The molecule has 0 aliphatic heterocycles. The second kappa shape index (κ2) is 9.84. The van der Waals surface area contributed by atoms with Crippen LogP contribution in [0.1, 0.15) is 51.7 Å². The van der Waals surface area contributed by atoms with Gasteiger partial charge in [-0.05, 0) is 37.6 Å². The summed E-state index contributed by atoms with van der Waals surface area (Å²) in [5.41, 5.74) is 0.261. The van der Waals surface area contributed by atoms with Crippen LogP contribution in [0.2, 0.25) is 0 Å². The summed E-state index contributed by atoms with van der Waals surface area (Å²) in [6.45, 7) is 3.82. The fraction of sp³-hybridized carbons (Fsp3) is 0.304. The van der Waals surface area contributed by atoms with E-state index in [4.69, 9.17) is 9.47 Å². The number of nitrogens with zero attached hydrogens (tertiary/aromatic N) is 5. The van der Waals surface area contributed by atoms with Crippen molar-refractivity contribution in [3.05, 3.63) is 64.4 Å². The van der Waals surface area contributed by atoms with Crippen LogP contribution in [0.3, 0.4) is 0 Å². The number of alkyl halides is 4. The lowest BCUT2D eigenvalue weighted by Crippen LogP contribution is -2.14. The molecule has 0 unspecified atom stereocenters. The molecular formula is C23H22F4N6O3. The molecule has 3 heterocycles. The number of ether oxygens (including phenoxy) is 2. The third-order valence-corrected chi connectivity index (χ3v) is 5.55. The standard InChI is InChI=1S/C23H22F4N6O3/c1-11-20(12(2)32(30-11)10-13-5-6-17(35-3)18(7-13)36-4)29-23(34)15-9-19-28-14(21(24)25)8-16(22(26)27)33(19)31-15/h5-9,21-22H,10H2,1-4H3,(H,29,34). The first-order valence-corrected chi connectivity index (χ1v) is 10.7. The maximum Gasteiger partial charge on any atom is 0.280 e. The van der Waals surface area contributed by atoms with Crippen LogP contribution in [-0.2, 0) is 6.54 Å². The van der Waals surface area contributed by atoms with Crippen molar-refractivity contribution in [2.45, 2.75) is 33.2 Å². The van der Waals surface area contributed by atoms with Crippen molar-refractivity contribution >= 4 is 17.2 Å². The predicted molar refractivity (Wildman–Crippen MR) is 121 cm³/mol. The first kappa shape index (κ1) is 24.9. The highest BCUT2D eigenvalue weighted by atomic mass is 19.3. The van der Waals surface area contributed by atoms with Gasteiger partial charge in [0, 0.05) is 6.07 Å². The minimum absolute atomic E-state index is 0.262. The van der Waals surface area contributed by atoms with Crippen molar-refractivity contribution < 1.29 is 31.8 Å². The summed E-state index contributed by atoms with van der Waals surface area (Å²) in [7, 11) is 3.07. The number of carbonyl (C=O) groups excluding carboxylic acids is 1. The topological polar surface area (TPSA) is 95.6 Å². The lowest BCUT2D eigenvalue weighted by molar-refractivity contribution is 0.102. The summed E-state index contributed by atoms with van der Waals surface area (Å²) in [6.07, 6.45) is -6.15. The minimum Gasteiger partial charge on any atom is -0.493 e. The van der Waals surface area contributed by atoms with Gasteiger partial charge < -0.3 is 14.8 Å². The van der Waals surface area contributed by atoms with Gasteiger partial charge in [0.25, 0.3) is 18.8 Å². The Morgan fingerprint density at radius 3 is 2.36 bits per heavy atom. The minimum atomic E-state index is -3.09. The number of halogens is 4. The fourth-order valence-electron chi connectivity index (χ4n) is 3.76. The highest BCUT2D eigenvalue weighted by molar-refractivity contribution is 6.04. The summed E-state index contributed by atoms with van der Waals surface area (Å²) in [5, 5.41) is 11.0. The number of amides is 1. The summed E-state index contributed by atoms with van der Waals surface area (Å²) in [4.78, 5) is 16.5. The lowest BCUT2D eigenvalue weighted by Gasteiger charge is -2.11. The van der Waals surface area contributed by atoms with E-state index in [0.29, 0.717) is 45.7 Å². The van der Waals surface area contributed by atoms with Gasteiger partial charge in [-0.1, -0.05) is 6.07 Å². The number of methoxy groups -OCH3 is 2. The van der Waals surface area contributed by atoms with Gasteiger partial charge in [0.05, 0.1) is 37.8 Å². The lowest BCUT2D eigenvalue weighted by atomic mass is 10.2. The molecular weight excluding hydrogens is 484 g/mol. The van der Waals surface area contributed by atoms with E-state index in [0.717, 1.165) is 11.6 Å². The van der Waals surface area contributed by atoms with Gasteiger partial charge in [-0.3, -0.25) is 9.48 Å². The van der Waals surface area contributed by atoms with Gasteiger partial charge in [-0.15, -0.1) is 0 Å². The molecule has 3 aromatic heterocycles. The molecule has 1 aromatic carbocycles. The molecule has 0 atom stereocenters. The van der Waals surface area contributed by atoms with Crippen LogP contribution in [0.4, 0.5) is 23.2 Å². The largest absolute Gasteiger partial charge is 0.493 e. The van der Waals surface area contributed by atoms with E-state index < -0.39 is 30.1 Å². The van der Waals surface area contributed by atoms with Gasteiger partial charge in [0.1, 0.15) is 11.4 Å². The average Bonchev–Trinajstić information content (AvgIpc) is 3.39. The van der Waals surface area contributed by atoms with Crippen LogP contribution in [0, 0.1) is 13.8 Å². The Labute approximate surface area is 202 Å². The second-order valence-electron chi connectivity index (χ2n) is 7.85. The Morgan fingerprint density at radius 1 is 1.00 bits per heavy atom. The van der Waals surface area contributed by atoms with Crippen molar-refractivity contribution in [3.8, 4) is 11.5 Å². The summed E-state index contributed by atoms with van der Waals surface area (Å²) in [5.74, 6) is 0.417. The van der Waals surface area contributed by atoms with Gasteiger partial charge in [0.15, 0.2) is 22.8 Å². The SMILES string of the molecule is COc1ccc(Cn2nc(C)c(NC(=O)c3cc4nc(C(F)F)cc(C(F)F)n4n3)c2C)cc1OC. The number of benzene rings is 1. The van der Waals surface area contributed by atoms with E-state index in [-0.39, 0.29) is 11.3 Å². The number of rotatable bonds is 8. The van der Waals surface area contributed by atoms with Crippen molar-refractivity contribution in [2.24, 2.45) is 0 Å². The summed E-state index contributed by atoms with van der Waals surface area (Å²) in [6, 6.07) is 7.09. The first-order chi connectivity index (χ1) is 17.1. The van der Waals surface area contributed by atoms with Gasteiger partial charge in [-0.25, -0.2) is 27.1 Å². The maximum atomic E-state index is 13.4. The number of hydrogen-bond donors (Lipinski definition) is 1. The Morgan fingerprint density at radius 2 is 1.72 bits per heavy atom. The maximum absolute atomic E-state index is 13.4. The molecule has 4 aromatic rings.